The Bertz CT molecular complexity index is 405. The fourth-order valence-electron chi connectivity index (χ4n) is 1.57. The molecule has 0 radical (unpaired) electrons. The van der Waals surface area contributed by atoms with Crippen molar-refractivity contribution in [3.05, 3.63) is 23.8 Å². The Morgan fingerprint density at radius 1 is 1.21 bits per heavy atom. The Hall–Kier alpha value is -1.43. The largest absolute Gasteiger partial charge is 0.491 e. The summed E-state index contributed by atoms with van der Waals surface area (Å²) in [6, 6.07) is 3.14. The maximum Gasteiger partial charge on any atom is 0.416 e. The fraction of sp³-hybridized carbons (Fsp3) is 0.538. The number of halogens is 3. The van der Waals surface area contributed by atoms with E-state index in [1.165, 1.54) is 6.07 Å². The zero-order valence-corrected chi connectivity index (χ0v) is 11.1. The van der Waals surface area contributed by atoms with Gasteiger partial charge in [0.05, 0.1) is 17.9 Å². The molecule has 0 aliphatic heterocycles. The fourth-order valence-corrected chi connectivity index (χ4v) is 1.57. The Morgan fingerprint density at radius 3 is 2.42 bits per heavy atom. The minimum Gasteiger partial charge on any atom is -0.491 e. The van der Waals surface area contributed by atoms with Gasteiger partial charge in [-0.2, -0.15) is 13.2 Å². The summed E-state index contributed by atoms with van der Waals surface area (Å²) in [6.45, 7) is 1.40. The van der Waals surface area contributed by atoms with E-state index in [0.717, 1.165) is 31.5 Å². The van der Waals surface area contributed by atoms with E-state index in [4.69, 9.17) is 10.5 Å². The number of rotatable bonds is 6. The first kappa shape index (κ1) is 15.6. The van der Waals surface area contributed by atoms with E-state index < -0.39 is 11.7 Å². The maximum atomic E-state index is 12.4. The van der Waals surface area contributed by atoms with Crippen LogP contribution in [-0.4, -0.2) is 32.1 Å². The number of nitrogen functional groups attached to an aromatic ring is 1. The molecular weight excluding hydrogens is 257 g/mol. The quantitative estimate of drug-likeness (QED) is 0.641. The minimum atomic E-state index is -4.38. The van der Waals surface area contributed by atoms with Crippen LogP contribution in [0.5, 0.6) is 5.75 Å². The topological polar surface area (TPSA) is 38.5 Å². The van der Waals surface area contributed by atoms with Gasteiger partial charge < -0.3 is 15.4 Å². The maximum absolute atomic E-state index is 12.4. The molecule has 0 bridgehead atoms. The van der Waals surface area contributed by atoms with E-state index in [1.807, 2.05) is 14.1 Å². The number of anilines is 1. The molecule has 19 heavy (non-hydrogen) atoms. The Labute approximate surface area is 111 Å². The molecule has 0 aromatic heterocycles. The molecule has 0 saturated carbocycles. The van der Waals surface area contributed by atoms with Gasteiger partial charge in [0.25, 0.3) is 0 Å². The van der Waals surface area contributed by atoms with Crippen molar-refractivity contribution in [3.63, 3.8) is 0 Å². The van der Waals surface area contributed by atoms with E-state index in [-0.39, 0.29) is 5.69 Å². The van der Waals surface area contributed by atoms with Crippen LogP contribution >= 0.6 is 0 Å². The summed E-state index contributed by atoms with van der Waals surface area (Å²) in [5, 5.41) is 0. The van der Waals surface area contributed by atoms with Crippen LogP contribution in [0.25, 0.3) is 0 Å². The van der Waals surface area contributed by atoms with Crippen molar-refractivity contribution < 1.29 is 17.9 Å². The highest BCUT2D eigenvalue weighted by atomic mass is 19.4. The first-order valence-electron chi connectivity index (χ1n) is 6.05. The second kappa shape index (κ2) is 6.65. The molecule has 6 heteroatoms. The van der Waals surface area contributed by atoms with Gasteiger partial charge in [-0.15, -0.1) is 0 Å². The van der Waals surface area contributed by atoms with Crippen molar-refractivity contribution in [2.75, 3.05) is 33.0 Å². The first-order valence-corrected chi connectivity index (χ1v) is 6.05. The molecule has 0 atom stereocenters. The van der Waals surface area contributed by atoms with E-state index in [0.29, 0.717) is 12.4 Å². The smallest absolute Gasteiger partial charge is 0.416 e. The summed E-state index contributed by atoms with van der Waals surface area (Å²) in [5.41, 5.74) is 4.80. The zero-order chi connectivity index (χ0) is 14.5. The molecule has 0 amide bonds. The van der Waals surface area contributed by atoms with Crippen LogP contribution in [0.15, 0.2) is 18.2 Å². The summed E-state index contributed by atoms with van der Waals surface area (Å²) in [5.74, 6) is 0.304. The lowest BCUT2D eigenvalue weighted by molar-refractivity contribution is -0.137. The molecule has 108 valence electrons. The molecule has 0 spiro atoms. The van der Waals surface area contributed by atoms with Crippen molar-refractivity contribution in [1.29, 1.82) is 0 Å². The van der Waals surface area contributed by atoms with Crippen LogP contribution in [0.4, 0.5) is 18.9 Å². The molecule has 1 rings (SSSR count). The van der Waals surface area contributed by atoms with Gasteiger partial charge in [0.15, 0.2) is 0 Å². The Kier molecular flexibility index (Phi) is 5.47. The van der Waals surface area contributed by atoms with Crippen LogP contribution < -0.4 is 10.5 Å². The van der Waals surface area contributed by atoms with Gasteiger partial charge in [0.2, 0.25) is 0 Å². The number of alkyl halides is 3. The third kappa shape index (κ3) is 5.38. The number of benzene rings is 1. The molecule has 0 aliphatic rings. The molecule has 0 aliphatic carbocycles. The van der Waals surface area contributed by atoms with Crippen molar-refractivity contribution >= 4 is 5.69 Å². The van der Waals surface area contributed by atoms with Crippen LogP contribution in [0, 0.1) is 0 Å². The highest BCUT2D eigenvalue weighted by Crippen LogP contribution is 2.33. The molecule has 0 saturated heterocycles. The number of nitrogens with zero attached hydrogens (tertiary/aromatic N) is 1. The monoisotopic (exact) mass is 276 g/mol. The standard InChI is InChI=1S/C13H19F3N2O/c1-18(2)7-3-4-8-19-12-6-5-10(9-11(12)17)13(14,15)16/h5-6,9H,3-4,7-8,17H2,1-2H3. The van der Waals surface area contributed by atoms with E-state index in [2.05, 4.69) is 4.90 Å². The normalized spacial score (nSPS) is 11.9. The lowest BCUT2D eigenvalue weighted by Crippen LogP contribution is -2.14. The number of hydrogen-bond donors (Lipinski definition) is 1. The number of unbranched alkanes of at least 4 members (excludes halogenated alkanes) is 1. The predicted octanol–water partition coefficient (Wildman–Crippen LogP) is 3.01. The molecule has 0 fully saturated rings. The molecule has 1 aromatic rings. The van der Waals surface area contributed by atoms with Gasteiger partial charge in [0, 0.05) is 0 Å². The number of hydrogen-bond acceptors (Lipinski definition) is 3. The van der Waals surface area contributed by atoms with E-state index in [1.54, 1.807) is 0 Å². The van der Waals surface area contributed by atoms with E-state index >= 15 is 0 Å². The lowest BCUT2D eigenvalue weighted by Gasteiger charge is -2.13. The van der Waals surface area contributed by atoms with E-state index in [9.17, 15) is 13.2 Å². The number of ether oxygens (including phenoxy) is 1. The predicted molar refractivity (Wildman–Crippen MR) is 69.1 cm³/mol. The van der Waals surface area contributed by atoms with Crippen molar-refractivity contribution in [1.82, 2.24) is 4.90 Å². The minimum absolute atomic E-state index is 0.0161. The Morgan fingerprint density at radius 2 is 1.89 bits per heavy atom. The average Bonchev–Trinajstić information content (AvgIpc) is 2.28. The second-order valence-electron chi connectivity index (χ2n) is 4.61. The summed E-state index contributed by atoms with van der Waals surface area (Å²) in [4.78, 5) is 2.06. The third-order valence-corrected chi connectivity index (χ3v) is 2.59. The second-order valence-corrected chi connectivity index (χ2v) is 4.61. The van der Waals surface area contributed by atoms with Gasteiger partial charge in [-0.3, -0.25) is 0 Å². The summed E-state index contributed by atoms with van der Waals surface area (Å²) in [7, 11) is 3.96. The lowest BCUT2D eigenvalue weighted by atomic mass is 10.2. The third-order valence-electron chi connectivity index (χ3n) is 2.59. The summed E-state index contributed by atoms with van der Waals surface area (Å²) >= 11 is 0. The van der Waals surface area contributed by atoms with Gasteiger partial charge in [-0.05, 0) is 51.7 Å². The van der Waals surface area contributed by atoms with Crippen molar-refractivity contribution in [2.24, 2.45) is 0 Å². The Balaban J connectivity index is 2.47. The zero-order valence-electron chi connectivity index (χ0n) is 11.1. The van der Waals surface area contributed by atoms with Gasteiger partial charge >= 0.3 is 6.18 Å². The SMILES string of the molecule is CN(C)CCCCOc1ccc(C(F)(F)F)cc1N. The van der Waals surface area contributed by atoms with Crippen LogP contribution in [-0.2, 0) is 6.18 Å². The van der Waals surface area contributed by atoms with Crippen LogP contribution in [0.1, 0.15) is 18.4 Å². The number of nitrogens with two attached hydrogens (primary N) is 1. The highest BCUT2D eigenvalue weighted by Gasteiger charge is 2.30. The summed E-state index contributed by atoms with van der Waals surface area (Å²) < 4.78 is 42.7. The van der Waals surface area contributed by atoms with Gasteiger partial charge in [-0.25, -0.2) is 0 Å². The first-order chi connectivity index (χ1) is 8.80. The average molecular weight is 276 g/mol. The van der Waals surface area contributed by atoms with Crippen LogP contribution in [0.2, 0.25) is 0 Å². The molecule has 1 aromatic carbocycles. The molecule has 2 N–H and O–H groups in total. The van der Waals surface area contributed by atoms with Crippen molar-refractivity contribution in [3.8, 4) is 5.75 Å². The highest BCUT2D eigenvalue weighted by molar-refractivity contribution is 5.54. The van der Waals surface area contributed by atoms with Crippen molar-refractivity contribution in [2.45, 2.75) is 19.0 Å². The molecule has 0 heterocycles. The molecular formula is C13H19F3N2O. The molecule has 0 unspecified atom stereocenters. The summed E-state index contributed by atoms with van der Waals surface area (Å²) in [6.07, 6.45) is -2.58. The molecule has 3 nitrogen and oxygen atoms in total. The van der Waals surface area contributed by atoms with Crippen LogP contribution in [0.3, 0.4) is 0 Å². The van der Waals surface area contributed by atoms with Gasteiger partial charge in [0.1, 0.15) is 5.75 Å². The van der Waals surface area contributed by atoms with Gasteiger partial charge in [-0.1, -0.05) is 0 Å².